The number of carbonyl (C=O) groups excluding carboxylic acids is 4. The number of allylic oxidation sites excluding steroid dienone is 3. The van der Waals surface area contributed by atoms with Crippen LogP contribution in [0.3, 0.4) is 0 Å². The van der Waals surface area contributed by atoms with Crippen LogP contribution in [-0.4, -0.2) is 57.4 Å². The third kappa shape index (κ3) is 26.5. The Hall–Kier alpha value is -5.60. The van der Waals surface area contributed by atoms with E-state index in [0.29, 0.717) is 38.2 Å². The number of esters is 1. The second-order valence-electron chi connectivity index (χ2n) is 9.59. The Morgan fingerprint density at radius 1 is 0.620 bits per heavy atom. The van der Waals surface area contributed by atoms with Gasteiger partial charge in [-0.2, -0.15) is 0 Å². The molecule has 0 radical (unpaired) electrons. The summed E-state index contributed by atoms with van der Waals surface area (Å²) in [6.45, 7) is 19.9. The van der Waals surface area contributed by atoms with E-state index >= 15 is 0 Å². The predicted octanol–water partition coefficient (Wildman–Crippen LogP) is 8.79. The lowest BCUT2D eigenvalue weighted by molar-refractivity contribution is -0.134. The minimum Gasteiger partial charge on any atom is -0.493 e. The van der Waals surface area contributed by atoms with Crippen LogP contribution in [-0.2, 0) is 28.7 Å². The van der Waals surface area contributed by atoms with Crippen molar-refractivity contribution in [1.29, 1.82) is 0 Å². The summed E-state index contributed by atoms with van der Waals surface area (Å²) in [6, 6.07) is 27.3. The zero-order valence-corrected chi connectivity index (χ0v) is 29.7. The molecule has 0 amide bonds. The van der Waals surface area contributed by atoms with Gasteiger partial charge in [0, 0.05) is 31.6 Å². The van der Waals surface area contributed by atoms with Crippen molar-refractivity contribution in [3.63, 3.8) is 0 Å². The largest absolute Gasteiger partial charge is 0.493 e. The first-order valence-electron chi connectivity index (χ1n) is 15.9. The average molecular weight is 685 g/mol. The number of ketones is 3. The van der Waals surface area contributed by atoms with E-state index in [0.717, 1.165) is 29.4 Å². The summed E-state index contributed by atoms with van der Waals surface area (Å²) in [6.07, 6.45) is 9.62. The fourth-order valence-corrected chi connectivity index (χ4v) is 3.10. The first-order valence-corrected chi connectivity index (χ1v) is 15.9. The number of rotatable bonds is 17. The van der Waals surface area contributed by atoms with Crippen molar-refractivity contribution in [1.82, 2.24) is 0 Å². The minimum atomic E-state index is -0.394. The average Bonchev–Trinajstić information content (AvgIpc) is 3.18. The summed E-state index contributed by atoms with van der Waals surface area (Å²) in [5, 5.41) is 0. The Morgan fingerprint density at radius 3 is 1.62 bits per heavy atom. The molecule has 0 fully saturated rings. The highest BCUT2D eigenvalue weighted by Crippen LogP contribution is 2.29. The van der Waals surface area contributed by atoms with E-state index < -0.39 is 5.97 Å². The number of hydrogen-bond acceptors (Lipinski definition) is 8. The van der Waals surface area contributed by atoms with Gasteiger partial charge in [0.05, 0.1) is 20.3 Å². The summed E-state index contributed by atoms with van der Waals surface area (Å²) in [5.74, 6) is 1.14. The maximum atomic E-state index is 11.1. The van der Waals surface area contributed by atoms with E-state index in [1.54, 1.807) is 19.2 Å². The van der Waals surface area contributed by atoms with Crippen molar-refractivity contribution >= 4 is 23.3 Å². The Balaban J connectivity index is 0. The van der Waals surface area contributed by atoms with E-state index in [1.165, 1.54) is 25.3 Å². The van der Waals surface area contributed by atoms with Crippen molar-refractivity contribution in [2.24, 2.45) is 0 Å². The summed E-state index contributed by atoms with van der Waals surface area (Å²) >= 11 is 0. The highest BCUT2D eigenvalue weighted by molar-refractivity contribution is 5.90. The lowest BCUT2D eigenvalue weighted by atomic mass is 10.1. The first-order chi connectivity index (χ1) is 24.2. The normalized spacial score (nSPS) is 8.86. The third-order valence-corrected chi connectivity index (χ3v) is 5.81. The van der Waals surface area contributed by atoms with Crippen LogP contribution in [0.15, 0.2) is 148 Å². The van der Waals surface area contributed by atoms with Crippen LogP contribution in [0.5, 0.6) is 11.5 Å². The van der Waals surface area contributed by atoms with E-state index in [-0.39, 0.29) is 24.0 Å². The third-order valence-electron chi connectivity index (χ3n) is 5.81. The summed E-state index contributed by atoms with van der Waals surface area (Å²) in [5.41, 5.74) is 2.20. The molecule has 0 aliphatic carbocycles. The van der Waals surface area contributed by atoms with Crippen LogP contribution in [0.2, 0.25) is 0 Å². The smallest absolute Gasteiger partial charge is 0.329 e. The highest BCUT2D eigenvalue weighted by atomic mass is 16.5. The lowest BCUT2D eigenvalue weighted by Crippen LogP contribution is -2.07. The summed E-state index contributed by atoms with van der Waals surface area (Å²) in [4.78, 5) is 42.1. The zero-order chi connectivity index (χ0) is 37.8. The molecule has 0 saturated carbocycles. The van der Waals surface area contributed by atoms with Crippen LogP contribution in [0.1, 0.15) is 32.6 Å². The van der Waals surface area contributed by atoms with Gasteiger partial charge in [-0.15, -0.1) is 6.58 Å². The Bertz CT molecular complexity index is 1410. The molecular weight excluding hydrogens is 632 g/mol. The fourth-order valence-electron chi connectivity index (χ4n) is 3.10. The molecule has 8 nitrogen and oxygen atoms in total. The fraction of sp³-hybridized carbons (Fsp3) is 0.238. The number of benzene rings is 3. The first kappa shape index (κ1) is 46.5. The molecule has 3 rings (SSSR count). The molecule has 0 atom stereocenters. The van der Waals surface area contributed by atoms with E-state index in [1.807, 2.05) is 66.7 Å². The molecule has 0 saturated heterocycles. The molecule has 0 spiro atoms. The van der Waals surface area contributed by atoms with Crippen LogP contribution in [0, 0.1) is 0 Å². The molecule has 0 bridgehead atoms. The molecule has 50 heavy (non-hydrogen) atoms. The lowest BCUT2D eigenvalue weighted by Gasteiger charge is -2.11. The van der Waals surface area contributed by atoms with Crippen molar-refractivity contribution in [3.8, 4) is 22.6 Å². The molecule has 0 aromatic heterocycles. The van der Waals surface area contributed by atoms with Crippen molar-refractivity contribution in [3.05, 3.63) is 148 Å². The van der Waals surface area contributed by atoms with Gasteiger partial charge in [-0.25, -0.2) is 4.79 Å². The molecule has 0 heterocycles. The van der Waals surface area contributed by atoms with Crippen LogP contribution < -0.4 is 9.47 Å². The van der Waals surface area contributed by atoms with Gasteiger partial charge in [0.15, 0.2) is 24.0 Å². The Morgan fingerprint density at radius 2 is 1.14 bits per heavy atom. The highest BCUT2D eigenvalue weighted by Gasteiger charge is 2.05. The molecular formula is C42H52O8. The van der Waals surface area contributed by atoms with Crippen molar-refractivity contribution in [2.45, 2.75) is 32.6 Å². The SMILES string of the molecule is C=CC(=O)CCCOc1ccccc1-c1ccccc1.C=CC(=O)CCOC.C=CC(=O)COc1ccccc1.C=CC(=O)OC.C=CCC. The topological polar surface area (TPSA) is 105 Å². The molecule has 3 aromatic rings. The van der Waals surface area contributed by atoms with Gasteiger partial charge in [0.2, 0.25) is 0 Å². The maximum Gasteiger partial charge on any atom is 0.329 e. The predicted molar refractivity (Wildman–Crippen MR) is 203 cm³/mol. The standard InChI is InChI=1S/C18H18O2.C10H10O2.C6H10O2.C4H6O2.C4H8/c1-2-16(19)11-8-14-20-18-13-7-6-12-17(18)15-9-4-3-5-10-15;1-2-9(11)8-12-10-6-4-3-5-7-10;1-3-6(7)4-5-8-2;1-3-4(5)6-2;1-3-4-2/h2-7,9-10,12-13H,1,8,11,14H2;2-7H,1,8H2;3H,1,4-5H2,2H3;3H,1H2,2H3;3H,1,4H2,2H3. The second-order valence-corrected chi connectivity index (χ2v) is 9.59. The molecule has 0 aliphatic rings. The number of hydrogen-bond donors (Lipinski definition) is 0. The molecule has 0 unspecified atom stereocenters. The molecule has 3 aromatic carbocycles. The van der Waals surface area contributed by atoms with Gasteiger partial charge in [-0.3, -0.25) is 14.4 Å². The van der Waals surface area contributed by atoms with Gasteiger partial charge in [0.1, 0.15) is 11.5 Å². The number of para-hydroxylation sites is 2. The molecule has 0 N–H and O–H groups in total. The number of methoxy groups -OCH3 is 2. The second kappa shape index (κ2) is 33.3. The molecule has 0 aliphatic heterocycles. The summed E-state index contributed by atoms with van der Waals surface area (Å²) < 4.78 is 19.7. The van der Waals surface area contributed by atoms with Crippen LogP contribution in [0.4, 0.5) is 0 Å². The summed E-state index contributed by atoms with van der Waals surface area (Å²) in [7, 11) is 2.88. The number of carbonyl (C=O) groups is 4. The van der Waals surface area contributed by atoms with Crippen LogP contribution in [0.25, 0.3) is 11.1 Å². The molecule has 8 heteroatoms. The van der Waals surface area contributed by atoms with Crippen molar-refractivity contribution in [2.75, 3.05) is 34.0 Å². The van der Waals surface area contributed by atoms with E-state index in [2.05, 4.69) is 61.4 Å². The van der Waals surface area contributed by atoms with Crippen molar-refractivity contribution < 1.29 is 38.1 Å². The van der Waals surface area contributed by atoms with Gasteiger partial charge in [-0.1, -0.05) is 106 Å². The van der Waals surface area contributed by atoms with E-state index in [4.69, 9.17) is 9.47 Å². The zero-order valence-electron chi connectivity index (χ0n) is 29.7. The minimum absolute atomic E-state index is 0.0341. The quantitative estimate of drug-likeness (QED) is 0.0601. The van der Waals surface area contributed by atoms with Gasteiger partial charge in [0.25, 0.3) is 0 Å². The Labute approximate surface area is 298 Å². The van der Waals surface area contributed by atoms with Gasteiger partial charge in [-0.05, 0) is 54.8 Å². The Kier molecular flexibility index (Phi) is 31.0. The van der Waals surface area contributed by atoms with Gasteiger partial charge < -0.3 is 18.9 Å². The van der Waals surface area contributed by atoms with Gasteiger partial charge >= 0.3 is 5.97 Å². The maximum absolute atomic E-state index is 11.1. The molecule has 268 valence electrons. The monoisotopic (exact) mass is 684 g/mol. The number of ether oxygens (including phenoxy) is 4. The van der Waals surface area contributed by atoms with Crippen LogP contribution >= 0.6 is 0 Å². The van der Waals surface area contributed by atoms with E-state index in [9.17, 15) is 19.2 Å².